The summed E-state index contributed by atoms with van der Waals surface area (Å²) in [7, 11) is 0. The van der Waals surface area contributed by atoms with Gasteiger partial charge in [0.25, 0.3) is 0 Å². The lowest BCUT2D eigenvalue weighted by molar-refractivity contribution is 0.241. The zero-order chi connectivity index (χ0) is 15.3. The Labute approximate surface area is 124 Å². The van der Waals surface area contributed by atoms with Crippen molar-refractivity contribution >= 4 is 0 Å². The molecule has 0 fully saturated rings. The van der Waals surface area contributed by atoms with Crippen molar-refractivity contribution in [1.29, 1.82) is 0 Å². The topological polar surface area (TPSA) is 35.2 Å². The number of hydrogen-bond donors (Lipinski definition) is 1. The number of nitrogens with two attached hydrogens (primary N) is 1. The van der Waals surface area contributed by atoms with Gasteiger partial charge in [0.2, 0.25) is 0 Å². The summed E-state index contributed by atoms with van der Waals surface area (Å²) in [5.74, 6) is 1.54. The SMILES string of the molecule is CC(CC(N)c1cccc(OC(C)C)c1)CC(C)(C)C. The summed E-state index contributed by atoms with van der Waals surface area (Å²) in [6, 6.07) is 8.29. The van der Waals surface area contributed by atoms with Crippen LogP contribution in [0.2, 0.25) is 0 Å². The lowest BCUT2D eigenvalue weighted by Gasteiger charge is -2.25. The first-order valence-corrected chi connectivity index (χ1v) is 7.69. The molecular weight excluding hydrogens is 246 g/mol. The fourth-order valence-electron chi connectivity index (χ4n) is 2.79. The Morgan fingerprint density at radius 3 is 2.35 bits per heavy atom. The fourth-order valence-corrected chi connectivity index (χ4v) is 2.79. The van der Waals surface area contributed by atoms with Crippen molar-refractivity contribution in [3.8, 4) is 5.75 Å². The summed E-state index contributed by atoms with van der Waals surface area (Å²) in [5.41, 5.74) is 7.89. The Bertz CT molecular complexity index is 406. The zero-order valence-electron chi connectivity index (χ0n) is 13.9. The number of rotatable bonds is 6. The maximum atomic E-state index is 6.36. The molecule has 114 valence electrons. The molecule has 1 aromatic carbocycles. The Hall–Kier alpha value is -1.02. The van der Waals surface area contributed by atoms with E-state index < -0.39 is 0 Å². The highest BCUT2D eigenvalue weighted by Crippen LogP contribution is 2.30. The molecule has 2 N–H and O–H groups in total. The molecule has 1 aromatic rings. The number of benzene rings is 1. The third-order valence-electron chi connectivity index (χ3n) is 3.28. The van der Waals surface area contributed by atoms with E-state index in [0.717, 1.165) is 12.2 Å². The van der Waals surface area contributed by atoms with Gasteiger partial charge < -0.3 is 10.5 Å². The average Bonchev–Trinajstić information content (AvgIpc) is 2.25. The molecule has 0 heterocycles. The standard InChI is InChI=1S/C18H31NO/c1-13(2)20-16-9-7-8-15(11-16)17(19)10-14(3)12-18(4,5)6/h7-9,11,13-14,17H,10,12,19H2,1-6H3. The van der Waals surface area contributed by atoms with E-state index in [1.807, 2.05) is 26.0 Å². The number of ether oxygens (including phenoxy) is 1. The summed E-state index contributed by atoms with van der Waals surface area (Å²) in [6.07, 6.45) is 2.41. The Morgan fingerprint density at radius 1 is 1.15 bits per heavy atom. The summed E-state index contributed by atoms with van der Waals surface area (Å²) in [5, 5.41) is 0. The molecule has 2 nitrogen and oxygen atoms in total. The molecule has 0 amide bonds. The second-order valence-electron chi connectivity index (χ2n) is 7.45. The normalized spacial score (nSPS) is 15.2. The first-order chi connectivity index (χ1) is 9.17. The predicted molar refractivity (Wildman–Crippen MR) is 87.0 cm³/mol. The molecule has 0 radical (unpaired) electrons. The predicted octanol–water partition coefficient (Wildman–Crippen LogP) is 4.94. The van der Waals surface area contributed by atoms with Gasteiger partial charge in [-0.3, -0.25) is 0 Å². The van der Waals surface area contributed by atoms with Crippen molar-refractivity contribution in [2.45, 2.75) is 66.5 Å². The molecular formula is C18H31NO. The van der Waals surface area contributed by atoms with E-state index in [0.29, 0.717) is 11.3 Å². The first kappa shape index (κ1) is 17.0. The molecule has 0 bridgehead atoms. The summed E-state index contributed by atoms with van der Waals surface area (Å²) >= 11 is 0. The molecule has 2 heteroatoms. The third kappa shape index (κ3) is 6.42. The Balaban J connectivity index is 2.65. The summed E-state index contributed by atoms with van der Waals surface area (Å²) in [6.45, 7) is 13.2. The van der Waals surface area contributed by atoms with Crippen LogP contribution < -0.4 is 10.5 Å². The Morgan fingerprint density at radius 2 is 1.80 bits per heavy atom. The van der Waals surface area contributed by atoms with Crippen LogP contribution in [-0.4, -0.2) is 6.10 Å². The minimum Gasteiger partial charge on any atom is -0.491 e. The largest absolute Gasteiger partial charge is 0.491 e. The van der Waals surface area contributed by atoms with E-state index in [1.165, 1.54) is 12.0 Å². The van der Waals surface area contributed by atoms with Crippen LogP contribution in [0.3, 0.4) is 0 Å². The summed E-state index contributed by atoms with van der Waals surface area (Å²) in [4.78, 5) is 0. The minimum absolute atomic E-state index is 0.0862. The lowest BCUT2D eigenvalue weighted by Crippen LogP contribution is -2.18. The van der Waals surface area contributed by atoms with Crippen molar-refractivity contribution in [1.82, 2.24) is 0 Å². The van der Waals surface area contributed by atoms with Gasteiger partial charge in [0.15, 0.2) is 0 Å². The molecule has 0 aromatic heterocycles. The minimum atomic E-state index is 0.0862. The van der Waals surface area contributed by atoms with E-state index in [4.69, 9.17) is 10.5 Å². The van der Waals surface area contributed by atoms with Gasteiger partial charge in [-0.1, -0.05) is 39.8 Å². The van der Waals surface area contributed by atoms with Crippen molar-refractivity contribution in [2.75, 3.05) is 0 Å². The number of hydrogen-bond acceptors (Lipinski definition) is 2. The van der Waals surface area contributed by atoms with Crippen LogP contribution in [0.1, 0.15) is 66.0 Å². The molecule has 2 atom stereocenters. The maximum absolute atomic E-state index is 6.36. The van der Waals surface area contributed by atoms with E-state index in [9.17, 15) is 0 Å². The van der Waals surface area contributed by atoms with Crippen molar-refractivity contribution in [3.05, 3.63) is 29.8 Å². The van der Waals surface area contributed by atoms with Gasteiger partial charge in [-0.25, -0.2) is 0 Å². The molecule has 1 rings (SSSR count). The van der Waals surface area contributed by atoms with E-state index >= 15 is 0 Å². The van der Waals surface area contributed by atoms with Crippen LogP contribution in [-0.2, 0) is 0 Å². The molecule has 2 unspecified atom stereocenters. The van der Waals surface area contributed by atoms with Crippen LogP contribution in [0.15, 0.2) is 24.3 Å². The van der Waals surface area contributed by atoms with Gasteiger partial charge in [0.1, 0.15) is 5.75 Å². The van der Waals surface area contributed by atoms with Crippen molar-refractivity contribution in [2.24, 2.45) is 17.1 Å². The quantitative estimate of drug-likeness (QED) is 0.799. The lowest BCUT2D eigenvalue weighted by atomic mass is 9.82. The molecule has 0 spiro atoms. The molecule has 0 aliphatic rings. The Kier molecular flexibility index (Phi) is 6.07. The van der Waals surface area contributed by atoms with Gasteiger partial charge >= 0.3 is 0 Å². The third-order valence-corrected chi connectivity index (χ3v) is 3.28. The van der Waals surface area contributed by atoms with Crippen LogP contribution in [0.5, 0.6) is 5.75 Å². The second-order valence-corrected chi connectivity index (χ2v) is 7.45. The van der Waals surface area contributed by atoms with Crippen LogP contribution in [0.25, 0.3) is 0 Å². The molecule has 20 heavy (non-hydrogen) atoms. The van der Waals surface area contributed by atoms with E-state index in [1.54, 1.807) is 0 Å². The highest BCUT2D eigenvalue weighted by atomic mass is 16.5. The first-order valence-electron chi connectivity index (χ1n) is 7.69. The van der Waals surface area contributed by atoms with Gasteiger partial charge in [0, 0.05) is 6.04 Å². The van der Waals surface area contributed by atoms with Crippen molar-refractivity contribution < 1.29 is 4.74 Å². The van der Waals surface area contributed by atoms with Crippen LogP contribution >= 0.6 is 0 Å². The smallest absolute Gasteiger partial charge is 0.120 e. The van der Waals surface area contributed by atoms with Crippen LogP contribution in [0, 0.1) is 11.3 Å². The molecule has 0 saturated heterocycles. The fraction of sp³-hybridized carbons (Fsp3) is 0.667. The maximum Gasteiger partial charge on any atom is 0.120 e. The van der Waals surface area contributed by atoms with Crippen molar-refractivity contribution in [3.63, 3.8) is 0 Å². The van der Waals surface area contributed by atoms with Gasteiger partial charge in [-0.2, -0.15) is 0 Å². The second kappa shape index (κ2) is 7.12. The monoisotopic (exact) mass is 277 g/mol. The highest BCUT2D eigenvalue weighted by Gasteiger charge is 2.18. The van der Waals surface area contributed by atoms with E-state index in [2.05, 4.69) is 39.8 Å². The zero-order valence-corrected chi connectivity index (χ0v) is 13.9. The highest BCUT2D eigenvalue weighted by molar-refractivity contribution is 5.30. The van der Waals surface area contributed by atoms with Gasteiger partial charge in [-0.15, -0.1) is 0 Å². The molecule has 0 aliphatic heterocycles. The van der Waals surface area contributed by atoms with Gasteiger partial charge in [0.05, 0.1) is 6.10 Å². The average molecular weight is 277 g/mol. The molecule has 0 saturated carbocycles. The summed E-state index contributed by atoms with van der Waals surface area (Å²) < 4.78 is 5.74. The van der Waals surface area contributed by atoms with E-state index in [-0.39, 0.29) is 12.1 Å². The molecule has 0 aliphatic carbocycles. The van der Waals surface area contributed by atoms with Gasteiger partial charge in [-0.05, 0) is 55.7 Å². The van der Waals surface area contributed by atoms with Crippen LogP contribution in [0.4, 0.5) is 0 Å².